The highest BCUT2D eigenvalue weighted by Gasteiger charge is 2.37. The Balaban J connectivity index is 1.72. The number of hydrogen-bond acceptors (Lipinski definition) is 9. The summed E-state index contributed by atoms with van der Waals surface area (Å²) < 4.78 is 31.3. The molecule has 3 aromatic rings. The van der Waals surface area contributed by atoms with E-state index < -0.39 is 115 Å². The smallest absolute Gasteiger partial charge is 0.303 e. The molecule has 0 spiro atoms. The Labute approximate surface area is 363 Å². The summed E-state index contributed by atoms with van der Waals surface area (Å²) in [5.41, 5.74) is 6.50. The van der Waals surface area contributed by atoms with Crippen molar-refractivity contribution >= 4 is 47.3 Å². The molecule has 1 aromatic heterocycles. The maximum atomic E-state index is 15.1. The van der Waals surface area contributed by atoms with Crippen LogP contribution in [0.1, 0.15) is 77.6 Å². The molecule has 1 heterocycles. The van der Waals surface area contributed by atoms with Crippen molar-refractivity contribution in [3.63, 3.8) is 0 Å². The summed E-state index contributed by atoms with van der Waals surface area (Å²) in [7, 11) is 0. The highest BCUT2D eigenvalue weighted by molar-refractivity contribution is 5.96. The number of aliphatic hydroxyl groups excluding tert-OH is 1. The number of halogens is 2. The fourth-order valence-corrected chi connectivity index (χ4v) is 6.64. The second-order valence-electron chi connectivity index (χ2n) is 16.0. The Bertz CT molecular complexity index is 2130. The van der Waals surface area contributed by atoms with Crippen LogP contribution in [0.2, 0.25) is 0 Å². The van der Waals surface area contributed by atoms with Gasteiger partial charge in [0, 0.05) is 49.1 Å². The molecule has 0 saturated heterocycles. The first-order valence-corrected chi connectivity index (χ1v) is 20.2. The molecule has 0 aliphatic heterocycles. The maximum absolute atomic E-state index is 15.1. The van der Waals surface area contributed by atoms with E-state index in [1.807, 2.05) is 55.7 Å². The Morgan fingerprint density at radius 2 is 1.48 bits per heavy atom. The summed E-state index contributed by atoms with van der Waals surface area (Å²) in [5, 5.41) is 30.7. The molecular weight excluding hydrogens is 827 g/mol. The number of amides is 7. The summed E-state index contributed by atoms with van der Waals surface area (Å²) in [6.45, 7) is 7.07. The van der Waals surface area contributed by atoms with Crippen LogP contribution >= 0.6 is 0 Å². The third-order valence-corrected chi connectivity index (χ3v) is 9.68. The average Bonchev–Trinajstić information content (AvgIpc) is 3.61. The molecule has 342 valence electrons. The normalized spacial score (nSPS) is 13.1. The Morgan fingerprint density at radius 1 is 0.825 bits per heavy atom. The molecule has 63 heavy (non-hydrogen) atoms. The molecule has 3 rings (SSSR count). The number of primary amides is 1. The van der Waals surface area contributed by atoms with Crippen molar-refractivity contribution in [3.05, 3.63) is 83.7 Å². The standard InChI is InChI=1S/C43H56F2N8O10/c1-25(49-36(57)21-48-35(56)14-15-38(59)60)40(61)50-26(2)41(62)51-32(20-34(46)55)42(63)47-16-9-17-53(37(58)24-54)39(43(3,4)5)33-18-28(30-19-29(44)12-13-31(30)45)23-52(33)22-27-10-7-6-8-11-27/h6-8,10-13,18-19,23,25-26,32,39,54H,9,14-17,20-22,24H2,1-5H3,(H2,46,55)(H,47,63)(H,48,56)(H,49,57)(H,50,61)(H,51,62)(H,59,60)/t25-,26-,32-,39-/m0/s1. The number of aromatic nitrogens is 1. The van der Waals surface area contributed by atoms with Crippen LogP contribution in [0.4, 0.5) is 8.78 Å². The summed E-state index contributed by atoms with van der Waals surface area (Å²) in [4.78, 5) is 100. The molecule has 9 N–H and O–H groups in total. The van der Waals surface area contributed by atoms with Gasteiger partial charge < -0.3 is 52.0 Å². The number of benzene rings is 2. The Morgan fingerprint density at radius 3 is 2.10 bits per heavy atom. The van der Waals surface area contributed by atoms with Gasteiger partial charge in [0.1, 0.15) is 36.4 Å². The molecule has 0 aliphatic rings. The minimum atomic E-state index is -1.48. The van der Waals surface area contributed by atoms with Gasteiger partial charge in [-0.25, -0.2) is 8.78 Å². The number of carboxylic acid groups (broad SMARTS) is 1. The van der Waals surface area contributed by atoms with E-state index in [0.29, 0.717) is 17.8 Å². The molecule has 4 atom stereocenters. The van der Waals surface area contributed by atoms with Crippen LogP contribution in [0.3, 0.4) is 0 Å². The molecule has 7 amide bonds. The molecule has 18 nitrogen and oxygen atoms in total. The molecule has 0 radical (unpaired) electrons. The monoisotopic (exact) mass is 882 g/mol. The van der Waals surface area contributed by atoms with Gasteiger partial charge in [0.25, 0.3) is 0 Å². The predicted molar refractivity (Wildman–Crippen MR) is 225 cm³/mol. The number of nitrogens with one attached hydrogen (secondary N) is 5. The van der Waals surface area contributed by atoms with E-state index >= 15 is 4.39 Å². The number of carbonyl (C=O) groups is 8. The third-order valence-electron chi connectivity index (χ3n) is 9.68. The number of carbonyl (C=O) groups excluding carboxylic acids is 7. The quantitative estimate of drug-likeness (QED) is 0.0632. The topological polar surface area (TPSA) is 271 Å². The third kappa shape index (κ3) is 15.9. The number of hydrogen-bond donors (Lipinski definition) is 8. The summed E-state index contributed by atoms with van der Waals surface area (Å²) in [6.07, 6.45) is 0.405. The maximum Gasteiger partial charge on any atom is 0.303 e. The van der Waals surface area contributed by atoms with Gasteiger partial charge in [0.05, 0.1) is 25.4 Å². The lowest BCUT2D eigenvalue weighted by Gasteiger charge is -2.41. The van der Waals surface area contributed by atoms with Crippen LogP contribution in [0.15, 0.2) is 60.8 Å². The van der Waals surface area contributed by atoms with Crippen LogP contribution in [-0.2, 0) is 44.9 Å². The minimum absolute atomic E-state index is 0.0104. The van der Waals surface area contributed by atoms with Gasteiger partial charge in [-0.2, -0.15) is 0 Å². The van der Waals surface area contributed by atoms with Crippen molar-refractivity contribution < 1.29 is 57.4 Å². The van der Waals surface area contributed by atoms with Gasteiger partial charge in [-0.15, -0.1) is 0 Å². The first-order chi connectivity index (χ1) is 29.6. The van der Waals surface area contributed by atoms with E-state index in [9.17, 15) is 47.9 Å². The van der Waals surface area contributed by atoms with Gasteiger partial charge in [-0.1, -0.05) is 51.1 Å². The summed E-state index contributed by atoms with van der Waals surface area (Å²) in [5.74, 6) is -7.99. The van der Waals surface area contributed by atoms with E-state index in [1.165, 1.54) is 18.7 Å². The van der Waals surface area contributed by atoms with Crippen LogP contribution in [-0.4, -0.2) is 111 Å². The summed E-state index contributed by atoms with van der Waals surface area (Å²) >= 11 is 0. The lowest BCUT2D eigenvalue weighted by molar-refractivity contribution is -0.140. The second-order valence-corrected chi connectivity index (χ2v) is 16.0. The molecule has 2 aromatic carbocycles. The van der Waals surface area contributed by atoms with Gasteiger partial charge in [-0.05, 0) is 55.5 Å². The molecule has 0 bridgehead atoms. The zero-order chi connectivity index (χ0) is 47.0. The van der Waals surface area contributed by atoms with Gasteiger partial charge in [0.15, 0.2) is 0 Å². The number of nitrogens with two attached hydrogens (primary N) is 1. The highest BCUT2D eigenvalue weighted by atomic mass is 19.1. The minimum Gasteiger partial charge on any atom is -0.481 e. The molecular formula is C43H56F2N8O10. The summed E-state index contributed by atoms with van der Waals surface area (Å²) in [6, 6.07) is 9.50. The van der Waals surface area contributed by atoms with Crippen LogP contribution in [0, 0.1) is 17.0 Å². The molecule has 0 unspecified atom stereocenters. The van der Waals surface area contributed by atoms with E-state index in [2.05, 4.69) is 26.6 Å². The number of nitrogens with zero attached hydrogens (tertiary/aromatic N) is 2. The van der Waals surface area contributed by atoms with Crippen molar-refractivity contribution in [1.82, 2.24) is 36.1 Å². The lowest BCUT2D eigenvalue weighted by atomic mass is 9.83. The first kappa shape index (κ1) is 50.7. The van der Waals surface area contributed by atoms with Crippen molar-refractivity contribution in [3.8, 4) is 11.1 Å². The fourth-order valence-electron chi connectivity index (χ4n) is 6.64. The Hall–Kier alpha value is -6.70. The lowest BCUT2D eigenvalue weighted by Crippen LogP contribution is -2.56. The van der Waals surface area contributed by atoms with E-state index in [-0.39, 0.29) is 31.5 Å². The number of rotatable bonds is 23. The zero-order valence-corrected chi connectivity index (χ0v) is 35.8. The van der Waals surface area contributed by atoms with Crippen LogP contribution in [0.25, 0.3) is 11.1 Å². The van der Waals surface area contributed by atoms with Crippen molar-refractivity contribution in [2.75, 3.05) is 26.2 Å². The van der Waals surface area contributed by atoms with Crippen LogP contribution in [0.5, 0.6) is 0 Å². The van der Waals surface area contributed by atoms with Crippen molar-refractivity contribution in [1.29, 1.82) is 0 Å². The number of aliphatic hydroxyl groups is 1. The van der Waals surface area contributed by atoms with Gasteiger partial charge in [0.2, 0.25) is 41.4 Å². The zero-order valence-electron chi connectivity index (χ0n) is 35.8. The number of carboxylic acids is 1. The van der Waals surface area contributed by atoms with Gasteiger partial charge in [-0.3, -0.25) is 38.4 Å². The largest absolute Gasteiger partial charge is 0.481 e. The molecule has 0 fully saturated rings. The van der Waals surface area contributed by atoms with Crippen molar-refractivity contribution in [2.24, 2.45) is 11.1 Å². The van der Waals surface area contributed by atoms with Gasteiger partial charge >= 0.3 is 5.97 Å². The van der Waals surface area contributed by atoms with Crippen LogP contribution < -0.4 is 32.3 Å². The molecule has 20 heteroatoms. The van der Waals surface area contributed by atoms with E-state index in [0.717, 1.165) is 23.8 Å². The van der Waals surface area contributed by atoms with E-state index in [1.54, 1.807) is 12.3 Å². The molecule has 0 saturated carbocycles. The second kappa shape index (κ2) is 23.5. The SMILES string of the molecule is C[C@H](NC(=O)CNC(=O)CCC(=O)O)C(=O)N[C@@H](C)C(=O)N[C@@H](CC(N)=O)C(=O)NCCCN(C(=O)CO)[C@@H](c1cc(-c2cc(F)ccc2F)cn1Cc1ccccc1)C(C)(C)C. The Kier molecular flexibility index (Phi) is 18.9. The molecule has 0 aliphatic carbocycles. The predicted octanol–water partition coefficient (Wildman–Crippen LogP) is 1.25. The fraction of sp³-hybridized carbons (Fsp3) is 0.442. The average molecular weight is 883 g/mol. The first-order valence-electron chi connectivity index (χ1n) is 20.2. The van der Waals surface area contributed by atoms with Crippen molar-refractivity contribution in [2.45, 2.75) is 91.0 Å². The van der Waals surface area contributed by atoms with E-state index in [4.69, 9.17) is 10.8 Å². The number of aliphatic carboxylic acids is 1. The highest BCUT2D eigenvalue weighted by Crippen LogP contribution is 2.41.